The van der Waals surface area contributed by atoms with Gasteiger partial charge in [0.05, 0.1) is 6.10 Å². The topological polar surface area (TPSA) is 20.2 Å². The van der Waals surface area contributed by atoms with Crippen molar-refractivity contribution in [3.63, 3.8) is 0 Å². The summed E-state index contributed by atoms with van der Waals surface area (Å²) >= 11 is 0. The summed E-state index contributed by atoms with van der Waals surface area (Å²) in [6, 6.07) is 6.43. The van der Waals surface area contributed by atoms with Crippen molar-refractivity contribution >= 4 is 0 Å². The molecule has 0 amide bonds. The molecule has 1 N–H and O–H groups in total. The van der Waals surface area contributed by atoms with Crippen LogP contribution in [-0.4, -0.2) is 5.11 Å². The summed E-state index contributed by atoms with van der Waals surface area (Å²) in [7, 11) is 0. The van der Waals surface area contributed by atoms with Gasteiger partial charge in [-0.25, -0.2) is 0 Å². The van der Waals surface area contributed by atoms with E-state index < -0.39 is 0 Å². The van der Waals surface area contributed by atoms with E-state index in [-0.39, 0.29) is 11.5 Å². The summed E-state index contributed by atoms with van der Waals surface area (Å²) in [6.45, 7) is 4.33. The predicted molar refractivity (Wildman–Crippen MR) is 81.5 cm³/mol. The molecule has 1 unspecified atom stereocenters. The molecule has 1 atom stereocenters. The van der Waals surface area contributed by atoms with Gasteiger partial charge in [-0.05, 0) is 86.8 Å². The minimum atomic E-state index is -0.240. The second-order valence-electron chi connectivity index (χ2n) is 7.97. The van der Waals surface area contributed by atoms with Crippen LogP contribution in [0.2, 0.25) is 0 Å². The van der Waals surface area contributed by atoms with Crippen LogP contribution < -0.4 is 0 Å². The van der Waals surface area contributed by atoms with Crippen LogP contribution in [0.25, 0.3) is 0 Å². The maximum absolute atomic E-state index is 11.2. The number of rotatable bonds is 2. The highest BCUT2D eigenvalue weighted by molar-refractivity contribution is 5.36. The molecule has 0 heterocycles. The Hall–Kier alpha value is -0.820. The highest BCUT2D eigenvalue weighted by Crippen LogP contribution is 2.64. The first kappa shape index (κ1) is 12.9. The van der Waals surface area contributed by atoms with E-state index in [1.54, 1.807) is 0 Å². The second-order valence-corrected chi connectivity index (χ2v) is 7.97. The lowest BCUT2D eigenvalue weighted by Gasteiger charge is -2.58. The molecule has 0 aliphatic heterocycles. The van der Waals surface area contributed by atoms with E-state index >= 15 is 0 Å². The Morgan fingerprint density at radius 1 is 1.00 bits per heavy atom. The average Bonchev–Trinajstić information content (AvgIpc) is 2.39. The van der Waals surface area contributed by atoms with Crippen LogP contribution in [0.3, 0.4) is 0 Å². The third-order valence-corrected chi connectivity index (χ3v) is 6.61. The van der Waals surface area contributed by atoms with Crippen LogP contribution in [0.15, 0.2) is 18.2 Å². The summed E-state index contributed by atoms with van der Waals surface area (Å²) < 4.78 is 0. The molecule has 1 heteroatoms. The van der Waals surface area contributed by atoms with Crippen molar-refractivity contribution in [3.8, 4) is 0 Å². The summed E-state index contributed by atoms with van der Waals surface area (Å²) in [5.74, 6) is 2.71. The zero-order valence-corrected chi connectivity index (χ0v) is 12.7. The lowest BCUT2D eigenvalue weighted by atomic mass is 9.47. The van der Waals surface area contributed by atoms with Crippen molar-refractivity contribution in [3.05, 3.63) is 34.9 Å². The quantitative estimate of drug-likeness (QED) is 0.835. The Bertz CT molecular complexity index is 495. The third kappa shape index (κ3) is 1.79. The Labute approximate surface area is 122 Å². The fourth-order valence-corrected chi connectivity index (χ4v) is 5.91. The number of aliphatic hydroxyl groups excluding tert-OH is 1. The van der Waals surface area contributed by atoms with Crippen molar-refractivity contribution in [2.24, 2.45) is 23.2 Å². The van der Waals surface area contributed by atoms with Gasteiger partial charge in [0.2, 0.25) is 0 Å². The smallest absolute Gasteiger partial charge is 0.0849 e. The highest BCUT2D eigenvalue weighted by Gasteiger charge is 2.54. The first-order valence-corrected chi connectivity index (χ1v) is 8.31. The van der Waals surface area contributed by atoms with Crippen LogP contribution in [0.1, 0.15) is 61.3 Å². The molecule has 5 rings (SSSR count). The summed E-state index contributed by atoms with van der Waals surface area (Å²) in [6.07, 6.45) is 7.90. The van der Waals surface area contributed by atoms with E-state index in [0.29, 0.717) is 0 Å². The largest absolute Gasteiger partial charge is 0.388 e. The van der Waals surface area contributed by atoms with Gasteiger partial charge in [0, 0.05) is 5.41 Å². The molecule has 1 aromatic carbocycles. The van der Waals surface area contributed by atoms with Gasteiger partial charge in [-0.2, -0.15) is 0 Å². The Kier molecular flexibility index (Phi) is 2.79. The Morgan fingerprint density at radius 2 is 1.55 bits per heavy atom. The van der Waals surface area contributed by atoms with E-state index in [1.165, 1.54) is 55.2 Å². The minimum Gasteiger partial charge on any atom is -0.388 e. The second kappa shape index (κ2) is 4.34. The Morgan fingerprint density at radius 3 is 2.10 bits per heavy atom. The SMILES string of the molecule is Cc1cccc(C(O)C23CC4CC(CC(C4)C2)C3)c1C. The molecule has 0 aromatic heterocycles. The van der Waals surface area contributed by atoms with Crippen LogP contribution in [0, 0.1) is 37.0 Å². The summed E-state index contributed by atoms with van der Waals surface area (Å²) in [5.41, 5.74) is 4.02. The molecule has 108 valence electrons. The molecule has 4 aliphatic rings. The molecular weight excluding hydrogens is 244 g/mol. The molecule has 0 saturated heterocycles. The molecule has 0 radical (unpaired) electrons. The standard InChI is InChI=1S/C19H26O/c1-12-4-3-5-17(13(12)2)18(20)19-9-14-6-15(10-19)8-16(7-14)11-19/h3-5,14-16,18,20H,6-11H2,1-2H3. The van der Waals surface area contributed by atoms with Gasteiger partial charge >= 0.3 is 0 Å². The molecule has 20 heavy (non-hydrogen) atoms. The summed E-state index contributed by atoms with van der Waals surface area (Å²) in [4.78, 5) is 0. The van der Waals surface area contributed by atoms with Gasteiger partial charge in [-0.3, -0.25) is 0 Å². The van der Waals surface area contributed by atoms with Gasteiger partial charge in [0.15, 0.2) is 0 Å². The molecule has 4 bridgehead atoms. The minimum absolute atomic E-state index is 0.202. The Balaban J connectivity index is 1.71. The zero-order valence-electron chi connectivity index (χ0n) is 12.7. The maximum Gasteiger partial charge on any atom is 0.0849 e. The molecule has 1 nitrogen and oxygen atoms in total. The summed E-state index contributed by atoms with van der Waals surface area (Å²) in [5, 5.41) is 11.2. The molecule has 4 aliphatic carbocycles. The molecule has 4 fully saturated rings. The highest BCUT2D eigenvalue weighted by atomic mass is 16.3. The lowest BCUT2D eigenvalue weighted by Crippen LogP contribution is -2.49. The lowest BCUT2D eigenvalue weighted by molar-refractivity contribution is -0.122. The van der Waals surface area contributed by atoms with Crippen molar-refractivity contribution in [2.75, 3.05) is 0 Å². The molecule has 4 saturated carbocycles. The average molecular weight is 270 g/mol. The number of benzene rings is 1. The first-order chi connectivity index (χ1) is 9.57. The van der Waals surface area contributed by atoms with Crippen molar-refractivity contribution < 1.29 is 5.11 Å². The van der Waals surface area contributed by atoms with Crippen molar-refractivity contribution in [1.29, 1.82) is 0 Å². The third-order valence-electron chi connectivity index (χ3n) is 6.61. The van der Waals surface area contributed by atoms with Crippen LogP contribution in [0.4, 0.5) is 0 Å². The predicted octanol–water partition coefficient (Wildman–Crippen LogP) is 4.55. The fraction of sp³-hybridized carbons (Fsp3) is 0.684. The van der Waals surface area contributed by atoms with Crippen molar-refractivity contribution in [2.45, 2.75) is 58.5 Å². The number of hydrogen-bond donors (Lipinski definition) is 1. The normalized spacial score (nSPS) is 40.0. The zero-order chi connectivity index (χ0) is 13.9. The molecule has 0 spiro atoms. The first-order valence-electron chi connectivity index (χ1n) is 8.31. The van der Waals surface area contributed by atoms with E-state index in [4.69, 9.17) is 0 Å². The number of hydrogen-bond acceptors (Lipinski definition) is 1. The van der Waals surface area contributed by atoms with Gasteiger partial charge in [-0.15, -0.1) is 0 Å². The number of aliphatic hydroxyl groups is 1. The van der Waals surface area contributed by atoms with Gasteiger partial charge < -0.3 is 5.11 Å². The van der Waals surface area contributed by atoms with Gasteiger partial charge in [0.1, 0.15) is 0 Å². The van der Waals surface area contributed by atoms with Crippen molar-refractivity contribution in [1.82, 2.24) is 0 Å². The van der Waals surface area contributed by atoms with E-state index in [0.717, 1.165) is 17.8 Å². The number of aryl methyl sites for hydroxylation is 1. The molecular formula is C19H26O. The van der Waals surface area contributed by atoms with Crippen LogP contribution in [-0.2, 0) is 0 Å². The van der Waals surface area contributed by atoms with E-state index in [1.807, 2.05) is 0 Å². The van der Waals surface area contributed by atoms with Crippen LogP contribution in [0.5, 0.6) is 0 Å². The van der Waals surface area contributed by atoms with Crippen LogP contribution >= 0.6 is 0 Å². The maximum atomic E-state index is 11.2. The van der Waals surface area contributed by atoms with Gasteiger partial charge in [0.25, 0.3) is 0 Å². The van der Waals surface area contributed by atoms with E-state index in [9.17, 15) is 5.11 Å². The monoisotopic (exact) mass is 270 g/mol. The van der Waals surface area contributed by atoms with Gasteiger partial charge in [-0.1, -0.05) is 18.2 Å². The fourth-order valence-electron chi connectivity index (χ4n) is 5.91. The molecule has 1 aromatic rings. The van der Waals surface area contributed by atoms with E-state index in [2.05, 4.69) is 32.0 Å².